The van der Waals surface area contributed by atoms with E-state index in [0.29, 0.717) is 38.6 Å². The number of nitrogens with zero attached hydrogens (tertiary/aromatic N) is 4. The van der Waals surface area contributed by atoms with Crippen molar-refractivity contribution in [3.05, 3.63) is 59.2 Å². The van der Waals surface area contributed by atoms with E-state index in [1.54, 1.807) is 12.1 Å². The molecule has 5 rings (SSSR count). The van der Waals surface area contributed by atoms with Crippen LogP contribution in [0, 0.1) is 5.82 Å². The zero-order chi connectivity index (χ0) is 26.2. The number of carbonyl (C=O) groups excluding carboxylic acids is 2. The van der Waals surface area contributed by atoms with Gasteiger partial charge in [0.25, 0.3) is 0 Å². The lowest BCUT2D eigenvalue weighted by Crippen LogP contribution is -2.62. The maximum atomic E-state index is 13.8. The Kier molecular flexibility index (Phi) is 10.3. The van der Waals surface area contributed by atoms with Crippen LogP contribution in [0.25, 0.3) is 0 Å². The van der Waals surface area contributed by atoms with Gasteiger partial charge < -0.3 is 15.5 Å². The summed E-state index contributed by atoms with van der Waals surface area (Å²) in [5.41, 5.74) is 3.58. The molecule has 2 N–H and O–H groups in total. The van der Waals surface area contributed by atoms with Crippen LogP contribution >= 0.6 is 24.8 Å². The Balaban J connectivity index is 0.00000210. The highest BCUT2D eigenvalue weighted by atomic mass is 35.5. The maximum Gasteiger partial charge on any atom is 0.241 e. The highest BCUT2D eigenvalue weighted by Gasteiger charge is 2.41. The molecule has 1 aromatic heterocycles. The quantitative estimate of drug-likeness (QED) is 0.546. The summed E-state index contributed by atoms with van der Waals surface area (Å²) < 4.78 is 13.3. The SMILES string of the molecule is C[C@@H]1CN(CC(=O)N2CC(C)(C)c3ncc(Cc4ccc(F)cc4)cc32)[C@@H](CN2CCNC(=O)C2)CN1.Cl.Cl. The van der Waals surface area contributed by atoms with Crippen molar-refractivity contribution in [2.75, 3.05) is 57.3 Å². The molecule has 3 aliphatic rings. The molecule has 0 radical (unpaired) electrons. The van der Waals surface area contributed by atoms with E-state index in [2.05, 4.69) is 47.3 Å². The first-order chi connectivity index (χ1) is 17.7. The van der Waals surface area contributed by atoms with Crippen LogP contribution < -0.4 is 15.5 Å². The molecule has 0 spiro atoms. The standard InChI is InChI=1S/C28H37FN6O2.2ClH/c1-19-14-34(23(13-31-19)15-33-9-8-30-25(36)16-33)17-26(37)35-18-28(2,3)27-24(35)11-21(12-32-27)10-20-4-6-22(29)7-5-20;;/h4-7,11-12,19,23,31H,8-10,13-18H2,1-3H3,(H,30,36);2*1H/t19-,23-;;/m1../s1. The van der Waals surface area contributed by atoms with Crippen LogP contribution in [0.15, 0.2) is 36.5 Å². The molecule has 2 saturated heterocycles. The number of rotatable bonds is 6. The molecule has 39 heavy (non-hydrogen) atoms. The normalized spacial score (nSPS) is 22.9. The maximum absolute atomic E-state index is 13.8. The Bertz CT molecular complexity index is 1170. The van der Waals surface area contributed by atoms with Gasteiger partial charge in [0.1, 0.15) is 5.82 Å². The van der Waals surface area contributed by atoms with E-state index in [9.17, 15) is 14.0 Å². The van der Waals surface area contributed by atoms with Crippen molar-refractivity contribution in [3.8, 4) is 0 Å². The van der Waals surface area contributed by atoms with Crippen LogP contribution in [0.4, 0.5) is 10.1 Å². The Morgan fingerprint density at radius 2 is 1.92 bits per heavy atom. The Labute approximate surface area is 242 Å². The molecule has 2 amide bonds. The minimum atomic E-state index is -0.251. The number of carbonyl (C=O) groups is 2. The van der Waals surface area contributed by atoms with Gasteiger partial charge in [-0.1, -0.05) is 26.0 Å². The van der Waals surface area contributed by atoms with Crippen molar-refractivity contribution in [2.24, 2.45) is 0 Å². The van der Waals surface area contributed by atoms with Crippen LogP contribution in [-0.4, -0.2) is 91.0 Å². The average Bonchev–Trinajstić information content (AvgIpc) is 3.12. The molecule has 11 heteroatoms. The predicted molar refractivity (Wildman–Crippen MR) is 156 cm³/mol. The molecule has 0 saturated carbocycles. The van der Waals surface area contributed by atoms with Gasteiger partial charge in [-0.05, 0) is 42.7 Å². The smallest absolute Gasteiger partial charge is 0.241 e. The zero-order valence-electron chi connectivity index (χ0n) is 22.8. The van der Waals surface area contributed by atoms with E-state index in [1.807, 2.05) is 11.1 Å². The van der Waals surface area contributed by atoms with Crippen LogP contribution in [0.5, 0.6) is 0 Å². The monoisotopic (exact) mass is 580 g/mol. The van der Waals surface area contributed by atoms with Crippen molar-refractivity contribution in [3.63, 3.8) is 0 Å². The van der Waals surface area contributed by atoms with Crippen molar-refractivity contribution < 1.29 is 14.0 Å². The first-order valence-corrected chi connectivity index (χ1v) is 13.2. The van der Waals surface area contributed by atoms with Crippen LogP contribution in [0.2, 0.25) is 0 Å². The van der Waals surface area contributed by atoms with Gasteiger partial charge in [-0.25, -0.2) is 4.39 Å². The van der Waals surface area contributed by atoms with Gasteiger partial charge in [-0.2, -0.15) is 0 Å². The highest BCUT2D eigenvalue weighted by molar-refractivity contribution is 5.97. The second-order valence-corrected chi connectivity index (χ2v) is 11.4. The molecule has 2 atom stereocenters. The molecule has 1 aromatic carbocycles. The molecule has 3 aliphatic heterocycles. The number of benzene rings is 1. The van der Waals surface area contributed by atoms with Gasteiger partial charge in [0.2, 0.25) is 11.8 Å². The molecule has 0 aliphatic carbocycles. The first kappa shape index (κ1) is 31.2. The Morgan fingerprint density at radius 1 is 1.18 bits per heavy atom. The molecule has 8 nitrogen and oxygen atoms in total. The van der Waals surface area contributed by atoms with Crippen LogP contribution in [0.3, 0.4) is 0 Å². The summed E-state index contributed by atoms with van der Waals surface area (Å²) in [5.74, 6) is -0.118. The van der Waals surface area contributed by atoms with E-state index in [1.165, 1.54) is 12.1 Å². The summed E-state index contributed by atoms with van der Waals surface area (Å²) in [7, 11) is 0. The minimum absolute atomic E-state index is 0. The number of hydrogen-bond acceptors (Lipinski definition) is 6. The van der Waals surface area contributed by atoms with E-state index in [0.717, 1.165) is 48.7 Å². The molecule has 0 bridgehead atoms. The summed E-state index contributed by atoms with van der Waals surface area (Å²) in [6.45, 7) is 11.5. The van der Waals surface area contributed by atoms with Gasteiger partial charge in [-0.3, -0.25) is 24.4 Å². The van der Waals surface area contributed by atoms with E-state index in [4.69, 9.17) is 4.98 Å². The number of nitrogens with one attached hydrogen (secondary N) is 2. The number of aromatic nitrogens is 1. The highest BCUT2D eigenvalue weighted by Crippen LogP contribution is 2.39. The van der Waals surface area contributed by atoms with E-state index < -0.39 is 0 Å². The van der Waals surface area contributed by atoms with Gasteiger partial charge in [0.05, 0.1) is 24.5 Å². The number of anilines is 1. The van der Waals surface area contributed by atoms with Crippen LogP contribution in [0.1, 0.15) is 37.6 Å². The zero-order valence-corrected chi connectivity index (χ0v) is 24.4. The summed E-state index contributed by atoms with van der Waals surface area (Å²) >= 11 is 0. The lowest BCUT2D eigenvalue weighted by molar-refractivity contribution is -0.125. The fraction of sp³-hybridized carbons (Fsp3) is 0.536. The third kappa shape index (κ3) is 7.27. The molecule has 0 unspecified atom stereocenters. The van der Waals surface area contributed by atoms with Crippen LogP contribution in [-0.2, 0) is 21.4 Å². The van der Waals surface area contributed by atoms with Crippen molar-refractivity contribution in [1.82, 2.24) is 25.4 Å². The number of pyridine rings is 1. The number of piperazine rings is 2. The Morgan fingerprint density at radius 3 is 2.64 bits per heavy atom. The van der Waals surface area contributed by atoms with Crippen molar-refractivity contribution in [2.45, 2.75) is 44.7 Å². The van der Waals surface area contributed by atoms with Gasteiger partial charge in [-0.15, -0.1) is 24.8 Å². The van der Waals surface area contributed by atoms with Gasteiger partial charge >= 0.3 is 0 Å². The van der Waals surface area contributed by atoms with Gasteiger partial charge in [0, 0.05) is 63.0 Å². The van der Waals surface area contributed by atoms with E-state index in [-0.39, 0.29) is 53.9 Å². The average molecular weight is 582 g/mol. The fourth-order valence-electron chi connectivity index (χ4n) is 5.74. The molecule has 2 fully saturated rings. The lowest BCUT2D eigenvalue weighted by atomic mass is 9.91. The molecular weight excluding hydrogens is 542 g/mol. The molecule has 2 aromatic rings. The predicted octanol–water partition coefficient (Wildman–Crippen LogP) is 2.37. The number of fused-ring (bicyclic) bond motifs is 1. The topological polar surface area (TPSA) is 80.8 Å². The minimum Gasteiger partial charge on any atom is -0.354 e. The van der Waals surface area contributed by atoms with Crippen molar-refractivity contribution >= 4 is 42.3 Å². The summed E-state index contributed by atoms with van der Waals surface area (Å²) in [6, 6.07) is 9.03. The third-order valence-electron chi connectivity index (χ3n) is 7.68. The number of halogens is 3. The second-order valence-electron chi connectivity index (χ2n) is 11.4. The molecular formula is C28H39Cl2FN6O2. The largest absolute Gasteiger partial charge is 0.354 e. The van der Waals surface area contributed by atoms with Crippen molar-refractivity contribution in [1.29, 1.82) is 0 Å². The lowest BCUT2D eigenvalue weighted by Gasteiger charge is -2.42. The third-order valence-corrected chi connectivity index (χ3v) is 7.68. The number of hydrogen-bond donors (Lipinski definition) is 2. The summed E-state index contributed by atoms with van der Waals surface area (Å²) in [6.07, 6.45) is 2.50. The molecule has 4 heterocycles. The summed E-state index contributed by atoms with van der Waals surface area (Å²) in [4.78, 5) is 36.8. The fourth-order valence-corrected chi connectivity index (χ4v) is 5.74. The second kappa shape index (κ2) is 12.9. The summed E-state index contributed by atoms with van der Waals surface area (Å²) in [5, 5.41) is 6.42. The van der Waals surface area contributed by atoms with E-state index >= 15 is 0 Å². The number of amides is 2. The Hall–Kier alpha value is -2.30. The molecule has 214 valence electrons. The van der Waals surface area contributed by atoms with Gasteiger partial charge in [0.15, 0.2) is 0 Å². The first-order valence-electron chi connectivity index (χ1n) is 13.2.